The second-order valence-electron chi connectivity index (χ2n) is 10.9. The highest BCUT2D eigenvalue weighted by Gasteiger charge is 2.46. The Bertz CT molecular complexity index is 2210. The summed E-state index contributed by atoms with van der Waals surface area (Å²) < 4.78 is 5.05. The topological polar surface area (TPSA) is 4.93 Å². The van der Waals surface area contributed by atoms with Crippen molar-refractivity contribution in [3.05, 3.63) is 174 Å². The van der Waals surface area contributed by atoms with Crippen molar-refractivity contribution in [2.75, 3.05) is 0 Å². The number of fused-ring (bicyclic) bond motifs is 8. The predicted molar refractivity (Wildman–Crippen MR) is 173 cm³/mol. The van der Waals surface area contributed by atoms with Gasteiger partial charge in [-0.3, -0.25) is 0 Å². The number of thiophene rings is 1. The van der Waals surface area contributed by atoms with Gasteiger partial charge in [0.15, 0.2) is 0 Å². The molecule has 8 aromatic rings. The van der Waals surface area contributed by atoms with Gasteiger partial charge in [-0.15, -0.1) is 11.3 Å². The molecule has 2 heterocycles. The third-order valence-corrected chi connectivity index (χ3v) is 10.1. The minimum absolute atomic E-state index is 0.379. The molecular weight excluding hydrogens is 515 g/mol. The van der Waals surface area contributed by atoms with Gasteiger partial charge in [0, 0.05) is 27.1 Å². The van der Waals surface area contributed by atoms with Crippen molar-refractivity contribution >= 4 is 42.4 Å². The molecule has 0 unspecified atom stereocenters. The normalized spacial score (nSPS) is 13.6. The van der Waals surface area contributed by atoms with Crippen molar-refractivity contribution in [2.45, 2.75) is 5.41 Å². The fourth-order valence-electron chi connectivity index (χ4n) is 7.29. The average Bonchev–Trinajstić information content (AvgIpc) is 3.72. The summed E-state index contributed by atoms with van der Waals surface area (Å²) in [6, 6.07) is 53.6. The monoisotopic (exact) mass is 539 g/mol. The van der Waals surface area contributed by atoms with Crippen molar-refractivity contribution in [1.82, 2.24) is 4.57 Å². The first-order chi connectivity index (χ1) is 20.4. The zero-order chi connectivity index (χ0) is 27.0. The van der Waals surface area contributed by atoms with E-state index < -0.39 is 0 Å². The maximum Gasteiger partial charge on any atom is 0.0713 e. The van der Waals surface area contributed by atoms with E-state index in [0.717, 1.165) is 0 Å². The molecule has 2 heteroatoms. The fraction of sp³-hybridized carbons (Fsp3) is 0.0256. The first-order valence-corrected chi connectivity index (χ1v) is 14.9. The first kappa shape index (κ1) is 22.9. The number of aromatic nitrogens is 1. The van der Waals surface area contributed by atoms with Crippen LogP contribution >= 0.6 is 11.3 Å². The molecule has 41 heavy (non-hydrogen) atoms. The molecule has 0 N–H and O–H groups in total. The third kappa shape index (κ3) is 3.00. The van der Waals surface area contributed by atoms with Gasteiger partial charge in [0.05, 0.1) is 21.3 Å². The Balaban J connectivity index is 1.37. The lowest BCUT2D eigenvalue weighted by Gasteiger charge is -2.33. The van der Waals surface area contributed by atoms with Crippen LogP contribution in [-0.4, -0.2) is 4.57 Å². The molecule has 0 aliphatic heterocycles. The summed E-state index contributed by atoms with van der Waals surface area (Å²) in [4.78, 5) is 0. The number of rotatable bonds is 3. The van der Waals surface area contributed by atoms with Crippen molar-refractivity contribution in [1.29, 1.82) is 0 Å². The van der Waals surface area contributed by atoms with E-state index in [-0.39, 0.29) is 5.41 Å². The molecule has 1 aliphatic carbocycles. The molecule has 2 aromatic heterocycles. The number of benzene rings is 6. The van der Waals surface area contributed by atoms with Gasteiger partial charge >= 0.3 is 0 Å². The van der Waals surface area contributed by atoms with Gasteiger partial charge in [0.2, 0.25) is 0 Å². The molecule has 0 saturated carbocycles. The average molecular weight is 540 g/mol. The van der Waals surface area contributed by atoms with E-state index in [1.54, 1.807) is 0 Å². The SMILES string of the molecule is c1ccc(C2(c3ccccc3)c3ccccc3-c3c2ccc2c3ccn2-c2cccc3c2sc2ccccc23)cc1. The molecular formula is C39H25NS. The number of hydrogen-bond donors (Lipinski definition) is 0. The molecule has 0 spiro atoms. The molecule has 0 fully saturated rings. The van der Waals surface area contributed by atoms with Crippen LogP contribution in [0.4, 0.5) is 0 Å². The summed E-state index contributed by atoms with van der Waals surface area (Å²) in [6.07, 6.45) is 2.26. The molecule has 0 atom stereocenters. The Labute approximate surface area is 242 Å². The van der Waals surface area contributed by atoms with Crippen LogP contribution in [0.15, 0.2) is 152 Å². The lowest BCUT2D eigenvalue weighted by molar-refractivity contribution is 0.769. The largest absolute Gasteiger partial charge is 0.315 e. The predicted octanol–water partition coefficient (Wildman–Crippen LogP) is 10.4. The van der Waals surface area contributed by atoms with Gasteiger partial charge in [-0.25, -0.2) is 0 Å². The van der Waals surface area contributed by atoms with Crippen LogP contribution in [0.2, 0.25) is 0 Å². The maximum absolute atomic E-state index is 2.39. The van der Waals surface area contributed by atoms with E-state index in [0.29, 0.717) is 0 Å². The Morgan fingerprint density at radius 2 is 1.17 bits per heavy atom. The van der Waals surface area contributed by atoms with E-state index in [1.165, 1.54) is 70.1 Å². The van der Waals surface area contributed by atoms with E-state index >= 15 is 0 Å². The van der Waals surface area contributed by atoms with Gasteiger partial charge in [0.1, 0.15) is 0 Å². The van der Waals surface area contributed by atoms with Crippen LogP contribution in [0.5, 0.6) is 0 Å². The van der Waals surface area contributed by atoms with E-state index in [9.17, 15) is 0 Å². The van der Waals surface area contributed by atoms with Crippen molar-refractivity contribution in [3.63, 3.8) is 0 Å². The highest BCUT2D eigenvalue weighted by atomic mass is 32.1. The minimum atomic E-state index is -0.379. The number of hydrogen-bond acceptors (Lipinski definition) is 1. The molecule has 192 valence electrons. The standard InChI is InChI=1S/C39H25NS/c1-3-12-26(13-4-1)39(27-14-5-2-6-15-27)32-19-9-7-17-30(32)37-31-24-25-40(34(31)23-22-33(37)39)35-20-11-18-29-28-16-8-10-21-36(28)41-38(29)35/h1-25H. The van der Waals surface area contributed by atoms with Gasteiger partial charge in [-0.2, -0.15) is 0 Å². The van der Waals surface area contributed by atoms with Crippen LogP contribution in [0.25, 0.3) is 47.9 Å². The van der Waals surface area contributed by atoms with Crippen LogP contribution in [0, 0.1) is 0 Å². The first-order valence-electron chi connectivity index (χ1n) is 14.1. The second kappa shape index (κ2) is 8.54. The van der Waals surface area contributed by atoms with Gasteiger partial charge in [-0.1, -0.05) is 121 Å². The molecule has 1 nitrogen and oxygen atoms in total. The molecule has 0 saturated heterocycles. The van der Waals surface area contributed by atoms with Crippen molar-refractivity contribution in [2.24, 2.45) is 0 Å². The molecule has 0 bridgehead atoms. The highest BCUT2D eigenvalue weighted by Crippen LogP contribution is 2.57. The maximum atomic E-state index is 2.39. The second-order valence-corrected chi connectivity index (χ2v) is 11.9. The van der Waals surface area contributed by atoms with E-state index in [2.05, 4.69) is 156 Å². The summed E-state index contributed by atoms with van der Waals surface area (Å²) >= 11 is 1.88. The van der Waals surface area contributed by atoms with Gasteiger partial charge in [0.25, 0.3) is 0 Å². The highest BCUT2D eigenvalue weighted by molar-refractivity contribution is 7.26. The quantitative estimate of drug-likeness (QED) is 0.210. The molecule has 6 aromatic carbocycles. The summed E-state index contributed by atoms with van der Waals surface area (Å²) in [5, 5.41) is 3.95. The summed E-state index contributed by atoms with van der Waals surface area (Å²) in [7, 11) is 0. The third-order valence-electron chi connectivity index (χ3n) is 8.93. The van der Waals surface area contributed by atoms with Crippen molar-refractivity contribution < 1.29 is 0 Å². The van der Waals surface area contributed by atoms with Crippen LogP contribution < -0.4 is 0 Å². The minimum Gasteiger partial charge on any atom is -0.315 e. The lowest BCUT2D eigenvalue weighted by atomic mass is 9.67. The zero-order valence-electron chi connectivity index (χ0n) is 22.3. The van der Waals surface area contributed by atoms with Crippen molar-refractivity contribution in [3.8, 4) is 16.8 Å². The van der Waals surface area contributed by atoms with Crippen LogP contribution in [0.3, 0.4) is 0 Å². The lowest BCUT2D eigenvalue weighted by Crippen LogP contribution is -2.28. The van der Waals surface area contributed by atoms with E-state index in [4.69, 9.17) is 0 Å². The van der Waals surface area contributed by atoms with Crippen LogP contribution in [-0.2, 0) is 5.41 Å². The smallest absolute Gasteiger partial charge is 0.0713 e. The Morgan fingerprint density at radius 3 is 1.98 bits per heavy atom. The zero-order valence-corrected chi connectivity index (χ0v) is 23.1. The summed E-state index contributed by atoms with van der Waals surface area (Å²) in [5.74, 6) is 0. The molecule has 9 rings (SSSR count). The fourth-order valence-corrected chi connectivity index (χ4v) is 8.50. The van der Waals surface area contributed by atoms with E-state index in [1.807, 2.05) is 11.3 Å². The Morgan fingerprint density at radius 1 is 0.488 bits per heavy atom. The molecule has 0 amide bonds. The summed E-state index contributed by atoms with van der Waals surface area (Å²) in [5.41, 5.74) is 10.0. The Kier molecular flexibility index (Phi) is 4.76. The van der Waals surface area contributed by atoms with Gasteiger partial charge in [-0.05, 0) is 57.6 Å². The molecule has 0 radical (unpaired) electrons. The van der Waals surface area contributed by atoms with Crippen LogP contribution in [0.1, 0.15) is 22.3 Å². The Hall–Kier alpha value is -4.92. The summed E-state index contributed by atoms with van der Waals surface area (Å²) in [6.45, 7) is 0. The molecule has 1 aliphatic rings. The van der Waals surface area contributed by atoms with Gasteiger partial charge < -0.3 is 4.57 Å². The number of nitrogens with zero attached hydrogens (tertiary/aromatic N) is 1.